The number of thiophene rings is 1. The summed E-state index contributed by atoms with van der Waals surface area (Å²) in [5.41, 5.74) is 1.89. The van der Waals surface area contributed by atoms with Gasteiger partial charge in [0.2, 0.25) is 11.1 Å². The molecule has 2 N–H and O–H groups in total. The van der Waals surface area contributed by atoms with Gasteiger partial charge in [-0.1, -0.05) is 44.7 Å². The first-order valence-electron chi connectivity index (χ1n) is 11.0. The summed E-state index contributed by atoms with van der Waals surface area (Å²) >= 11 is 2.69. The number of benzene rings is 1. The Morgan fingerprint density at radius 3 is 2.94 bits per heavy atom. The number of anilines is 1. The zero-order valence-electron chi connectivity index (χ0n) is 19.3. The van der Waals surface area contributed by atoms with Crippen LogP contribution in [0.1, 0.15) is 49.0 Å². The molecular formula is C24H26FN5O2S2. The summed E-state index contributed by atoms with van der Waals surface area (Å²) in [6.07, 6.45) is 2.87. The molecule has 0 aliphatic heterocycles. The number of H-pyrrole nitrogens is 1. The van der Waals surface area contributed by atoms with E-state index in [4.69, 9.17) is 4.74 Å². The van der Waals surface area contributed by atoms with Gasteiger partial charge < -0.3 is 10.1 Å². The fourth-order valence-electron chi connectivity index (χ4n) is 3.94. The van der Waals surface area contributed by atoms with Crippen molar-refractivity contribution in [2.75, 3.05) is 11.1 Å². The van der Waals surface area contributed by atoms with Gasteiger partial charge in [0.1, 0.15) is 17.7 Å². The number of thioether (sulfide) groups is 1. The van der Waals surface area contributed by atoms with Crippen molar-refractivity contribution in [2.24, 2.45) is 11.3 Å². The van der Waals surface area contributed by atoms with E-state index in [0.717, 1.165) is 24.8 Å². The minimum absolute atomic E-state index is 0.0303. The zero-order valence-corrected chi connectivity index (χ0v) is 20.9. The molecule has 0 saturated heterocycles. The van der Waals surface area contributed by atoms with Gasteiger partial charge in [0.05, 0.1) is 11.3 Å². The fourth-order valence-corrected chi connectivity index (χ4v) is 5.85. The van der Waals surface area contributed by atoms with Crippen molar-refractivity contribution in [3.8, 4) is 11.8 Å². The molecule has 0 bridgehead atoms. The van der Waals surface area contributed by atoms with Gasteiger partial charge in [-0.15, -0.1) is 16.4 Å². The number of ether oxygens (including phenoxy) is 1. The summed E-state index contributed by atoms with van der Waals surface area (Å²) < 4.78 is 19.1. The fraction of sp³-hybridized carbons (Fsp3) is 0.417. The number of nitrogens with zero attached hydrogens (tertiary/aromatic N) is 3. The second-order valence-electron chi connectivity index (χ2n) is 9.25. The first-order valence-corrected chi connectivity index (χ1v) is 12.8. The number of nitriles is 1. The van der Waals surface area contributed by atoms with E-state index in [9.17, 15) is 14.4 Å². The van der Waals surface area contributed by atoms with Crippen molar-refractivity contribution >= 4 is 34.0 Å². The SMILES string of the molecule is CC(C)(C)[C@@H]1CCc2c(sc(NC(=O)CSc3n[nH]c(COc4ccccc4F)n3)c2C#N)C1. The lowest BCUT2D eigenvalue weighted by atomic mass is 9.72. The van der Waals surface area contributed by atoms with Crippen LogP contribution in [0.5, 0.6) is 5.75 Å². The monoisotopic (exact) mass is 499 g/mol. The van der Waals surface area contributed by atoms with E-state index < -0.39 is 5.82 Å². The van der Waals surface area contributed by atoms with Crippen molar-refractivity contribution in [1.82, 2.24) is 15.2 Å². The Hall–Kier alpha value is -2.90. The Bertz CT molecular complexity index is 1220. The van der Waals surface area contributed by atoms with E-state index in [2.05, 4.69) is 47.3 Å². The molecule has 1 amide bonds. The van der Waals surface area contributed by atoms with Gasteiger partial charge in [-0.05, 0) is 48.3 Å². The van der Waals surface area contributed by atoms with Crippen LogP contribution in [-0.4, -0.2) is 26.8 Å². The molecule has 0 unspecified atom stereocenters. The summed E-state index contributed by atoms with van der Waals surface area (Å²) in [4.78, 5) is 18.1. The molecule has 0 fully saturated rings. The quantitative estimate of drug-likeness (QED) is 0.426. The van der Waals surface area contributed by atoms with Gasteiger partial charge in [0.15, 0.2) is 17.4 Å². The number of aromatic nitrogens is 3. The van der Waals surface area contributed by atoms with E-state index in [1.807, 2.05) is 0 Å². The number of rotatable bonds is 7. The third-order valence-corrected chi connectivity index (χ3v) is 7.92. The molecule has 2 heterocycles. The Morgan fingerprint density at radius 1 is 1.41 bits per heavy atom. The molecule has 178 valence electrons. The molecule has 3 aromatic rings. The topological polar surface area (TPSA) is 104 Å². The van der Waals surface area contributed by atoms with Crippen LogP contribution in [0.3, 0.4) is 0 Å². The van der Waals surface area contributed by atoms with Crippen molar-refractivity contribution in [2.45, 2.75) is 51.8 Å². The van der Waals surface area contributed by atoms with E-state index in [1.165, 1.54) is 40.1 Å². The highest BCUT2D eigenvalue weighted by molar-refractivity contribution is 7.99. The van der Waals surface area contributed by atoms with E-state index in [-0.39, 0.29) is 29.4 Å². The molecule has 0 spiro atoms. The van der Waals surface area contributed by atoms with Crippen LogP contribution in [0.2, 0.25) is 0 Å². The number of halogens is 1. The molecule has 0 radical (unpaired) electrons. The van der Waals surface area contributed by atoms with Crippen LogP contribution < -0.4 is 10.1 Å². The van der Waals surface area contributed by atoms with Crippen molar-refractivity contribution in [3.05, 3.63) is 51.9 Å². The number of para-hydroxylation sites is 1. The number of aromatic amines is 1. The van der Waals surface area contributed by atoms with Gasteiger partial charge in [-0.3, -0.25) is 9.89 Å². The van der Waals surface area contributed by atoms with E-state index >= 15 is 0 Å². The highest BCUT2D eigenvalue weighted by atomic mass is 32.2. The molecule has 1 aliphatic carbocycles. The maximum atomic E-state index is 13.6. The van der Waals surface area contributed by atoms with Crippen LogP contribution >= 0.6 is 23.1 Å². The number of carbonyl (C=O) groups is 1. The van der Waals surface area contributed by atoms with Crippen LogP contribution in [0.4, 0.5) is 9.39 Å². The summed E-state index contributed by atoms with van der Waals surface area (Å²) in [7, 11) is 0. The third kappa shape index (κ3) is 5.59. The molecule has 34 heavy (non-hydrogen) atoms. The molecular weight excluding hydrogens is 473 g/mol. The van der Waals surface area contributed by atoms with Gasteiger partial charge in [0, 0.05) is 4.88 Å². The molecule has 10 heteroatoms. The standard InChI is InChI=1S/C24H26FN5O2S2/c1-24(2,3)14-8-9-15-16(11-26)22(34-19(15)10-14)28-21(31)13-33-23-27-20(29-30-23)12-32-18-7-5-4-6-17(18)25/h4-7,14H,8-10,12-13H2,1-3H3,(H,28,31)(H,27,29,30)/t14-/m1/s1. The van der Waals surface area contributed by atoms with Crippen molar-refractivity contribution in [1.29, 1.82) is 5.26 Å². The number of nitrogens with one attached hydrogen (secondary N) is 2. The van der Waals surface area contributed by atoms with Gasteiger partial charge in [-0.25, -0.2) is 9.37 Å². The lowest BCUT2D eigenvalue weighted by Crippen LogP contribution is -2.26. The molecule has 1 aromatic carbocycles. The van der Waals surface area contributed by atoms with Crippen LogP contribution in [-0.2, 0) is 24.2 Å². The summed E-state index contributed by atoms with van der Waals surface area (Å²) in [5.74, 6) is 0.552. The summed E-state index contributed by atoms with van der Waals surface area (Å²) in [5, 5.41) is 20.4. The first-order chi connectivity index (χ1) is 16.2. The van der Waals surface area contributed by atoms with Crippen LogP contribution in [0.15, 0.2) is 29.4 Å². The van der Waals surface area contributed by atoms with Gasteiger partial charge in [0.25, 0.3) is 0 Å². The number of carbonyl (C=O) groups excluding carboxylic acids is 1. The Morgan fingerprint density at radius 2 is 2.21 bits per heavy atom. The predicted molar refractivity (Wildman–Crippen MR) is 130 cm³/mol. The normalized spacial score (nSPS) is 15.4. The number of amides is 1. The number of hydrogen-bond acceptors (Lipinski definition) is 7. The second-order valence-corrected chi connectivity index (χ2v) is 11.3. The largest absolute Gasteiger partial charge is 0.483 e. The highest BCUT2D eigenvalue weighted by Gasteiger charge is 2.32. The number of fused-ring (bicyclic) bond motifs is 1. The third-order valence-electron chi connectivity index (χ3n) is 5.90. The maximum absolute atomic E-state index is 13.6. The average Bonchev–Trinajstić information content (AvgIpc) is 3.39. The zero-order chi connectivity index (χ0) is 24.3. The second kappa shape index (κ2) is 10.2. The number of hydrogen-bond donors (Lipinski definition) is 2. The van der Waals surface area contributed by atoms with Crippen molar-refractivity contribution < 1.29 is 13.9 Å². The maximum Gasteiger partial charge on any atom is 0.235 e. The molecule has 4 rings (SSSR count). The van der Waals surface area contributed by atoms with Crippen LogP contribution in [0.25, 0.3) is 0 Å². The minimum Gasteiger partial charge on any atom is -0.483 e. The smallest absolute Gasteiger partial charge is 0.235 e. The Labute approximate surface area is 206 Å². The molecule has 0 saturated carbocycles. The van der Waals surface area contributed by atoms with Gasteiger partial charge in [-0.2, -0.15) is 5.26 Å². The lowest BCUT2D eigenvalue weighted by molar-refractivity contribution is -0.113. The van der Waals surface area contributed by atoms with Crippen molar-refractivity contribution in [3.63, 3.8) is 0 Å². The average molecular weight is 500 g/mol. The van der Waals surface area contributed by atoms with E-state index in [1.54, 1.807) is 12.1 Å². The Kier molecular flexibility index (Phi) is 7.24. The lowest BCUT2D eigenvalue weighted by Gasteiger charge is -2.33. The molecule has 1 aliphatic rings. The van der Waals surface area contributed by atoms with Gasteiger partial charge >= 0.3 is 0 Å². The Balaban J connectivity index is 1.32. The molecule has 1 atom stereocenters. The highest BCUT2D eigenvalue weighted by Crippen LogP contribution is 2.44. The van der Waals surface area contributed by atoms with Crippen LogP contribution in [0, 0.1) is 28.5 Å². The first kappa shape index (κ1) is 24.2. The molecule has 2 aromatic heterocycles. The minimum atomic E-state index is -0.450. The predicted octanol–water partition coefficient (Wildman–Crippen LogP) is 5.34. The summed E-state index contributed by atoms with van der Waals surface area (Å²) in [6, 6.07) is 8.42. The molecule has 7 nitrogen and oxygen atoms in total. The summed E-state index contributed by atoms with van der Waals surface area (Å²) in [6.45, 7) is 6.79. The van der Waals surface area contributed by atoms with E-state index in [0.29, 0.717) is 27.5 Å².